The average molecular weight is 181 g/mol. The first-order chi connectivity index (χ1) is 5.95. The molecular formula is C8H7NO2S. The van der Waals surface area contributed by atoms with Crippen LogP contribution in [0.2, 0.25) is 0 Å². The molecule has 0 bridgehead atoms. The third-order valence-electron chi connectivity index (χ3n) is 1.37. The lowest BCUT2D eigenvalue weighted by Gasteiger charge is -1.98. The van der Waals surface area contributed by atoms with Crippen molar-refractivity contribution in [2.45, 2.75) is 6.61 Å². The molecule has 0 aliphatic carbocycles. The largest absolute Gasteiger partial charge is 0.483 e. The second-order valence-electron chi connectivity index (χ2n) is 2.23. The standard InChI is InChI=1S/C8H7NO2S/c1-2-7(10-3-1)5-11-8-4-9-12-6-8/h1-4,6H,5H2. The summed E-state index contributed by atoms with van der Waals surface area (Å²) in [4.78, 5) is 0. The Labute approximate surface area is 73.8 Å². The molecule has 4 heteroatoms. The zero-order valence-corrected chi connectivity index (χ0v) is 7.08. The van der Waals surface area contributed by atoms with E-state index in [4.69, 9.17) is 9.15 Å². The van der Waals surface area contributed by atoms with Crippen molar-refractivity contribution in [1.82, 2.24) is 4.37 Å². The van der Waals surface area contributed by atoms with Gasteiger partial charge in [0.25, 0.3) is 0 Å². The van der Waals surface area contributed by atoms with Crippen molar-refractivity contribution in [2.75, 3.05) is 0 Å². The van der Waals surface area contributed by atoms with E-state index in [-0.39, 0.29) is 0 Å². The molecule has 2 heterocycles. The third-order valence-corrected chi connectivity index (χ3v) is 1.94. The van der Waals surface area contributed by atoms with Crippen LogP contribution in [0.5, 0.6) is 5.75 Å². The maximum Gasteiger partial charge on any atom is 0.150 e. The van der Waals surface area contributed by atoms with E-state index in [1.165, 1.54) is 11.5 Å². The van der Waals surface area contributed by atoms with E-state index >= 15 is 0 Å². The summed E-state index contributed by atoms with van der Waals surface area (Å²) in [5.74, 6) is 1.61. The summed E-state index contributed by atoms with van der Waals surface area (Å²) in [5.41, 5.74) is 0. The molecule has 0 spiro atoms. The van der Waals surface area contributed by atoms with Crippen LogP contribution in [0.3, 0.4) is 0 Å². The van der Waals surface area contributed by atoms with Gasteiger partial charge in [-0.1, -0.05) is 0 Å². The van der Waals surface area contributed by atoms with Gasteiger partial charge in [-0.15, -0.1) is 0 Å². The second-order valence-corrected chi connectivity index (χ2v) is 2.89. The van der Waals surface area contributed by atoms with Crippen LogP contribution in [-0.4, -0.2) is 4.37 Å². The molecule has 0 unspecified atom stereocenters. The molecule has 0 atom stereocenters. The molecule has 2 aromatic rings. The third kappa shape index (κ3) is 1.65. The SMILES string of the molecule is c1coc(COc2cnsc2)c1. The summed E-state index contributed by atoms with van der Waals surface area (Å²) in [6, 6.07) is 3.71. The minimum Gasteiger partial charge on any atom is -0.483 e. The maximum absolute atomic E-state index is 5.34. The molecule has 3 nitrogen and oxygen atoms in total. The highest BCUT2D eigenvalue weighted by atomic mass is 32.1. The maximum atomic E-state index is 5.34. The molecule has 0 N–H and O–H groups in total. The van der Waals surface area contributed by atoms with Gasteiger partial charge in [0.2, 0.25) is 0 Å². The number of hydrogen-bond donors (Lipinski definition) is 0. The van der Waals surface area contributed by atoms with E-state index in [9.17, 15) is 0 Å². The van der Waals surface area contributed by atoms with E-state index in [0.29, 0.717) is 6.61 Å². The van der Waals surface area contributed by atoms with E-state index in [2.05, 4.69) is 4.37 Å². The van der Waals surface area contributed by atoms with Gasteiger partial charge < -0.3 is 9.15 Å². The Morgan fingerprint density at radius 1 is 1.58 bits per heavy atom. The number of furan rings is 1. The van der Waals surface area contributed by atoms with Gasteiger partial charge in [-0.2, -0.15) is 4.37 Å². The van der Waals surface area contributed by atoms with Gasteiger partial charge in [0.05, 0.1) is 17.8 Å². The molecule has 0 radical (unpaired) electrons. The molecule has 12 heavy (non-hydrogen) atoms. The fourth-order valence-corrected chi connectivity index (χ4v) is 1.27. The Balaban J connectivity index is 1.91. The molecular weight excluding hydrogens is 174 g/mol. The Kier molecular flexibility index (Phi) is 2.09. The van der Waals surface area contributed by atoms with E-state index in [0.717, 1.165) is 11.5 Å². The predicted octanol–water partition coefficient (Wildman–Crippen LogP) is 2.32. The molecule has 2 aromatic heterocycles. The van der Waals surface area contributed by atoms with Gasteiger partial charge in [-0.25, -0.2) is 0 Å². The summed E-state index contributed by atoms with van der Waals surface area (Å²) >= 11 is 1.37. The lowest BCUT2D eigenvalue weighted by atomic mass is 10.5. The van der Waals surface area contributed by atoms with Crippen molar-refractivity contribution in [3.63, 3.8) is 0 Å². The summed E-state index contributed by atoms with van der Waals surface area (Å²) in [6.45, 7) is 0.464. The molecule has 62 valence electrons. The molecule has 0 fully saturated rings. The fraction of sp³-hybridized carbons (Fsp3) is 0.125. The zero-order chi connectivity index (χ0) is 8.23. The fourth-order valence-electron chi connectivity index (χ4n) is 0.816. The van der Waals surface area contributed by atoms with Crippen molar-refractivity contribution >= 4 is 11.5 Å². The first kappa shape index (κ1) is 7.36. The van der Waals surface area contributed by atoms with Crippen molar-refractivity contribution in [1.29, 1.82) is 0 Å². The summed E-state index contributed by atoms with van der Waals surface area (Å²) in [7, 11) is 0. The minimum atomic E-state index is 0.464. The highest BCUT2D eigenvalue weighted by Gasteiger charge is 1.97. The lowest BCUT2D eigenvalue weighted by molar-refractivity contribution is 0.271. The minimum absolute atomic E-state index is 0.464. The van der Waals surface area contributed by atoms with Gasteiger partial charge in [-0.05, 0) is 23.7 Å². The predicted molar refractivity (Wildman–Crippen MR) is 45.2 cm³/mol. The summed E-state index contributed by atoms with van der Waals surface area (Å²) in [6.07, 6.45) is 3.32. The zero-order valence-electron chi connectivity index (χ0n) is 6.27. The van der Waals surface area contributed by atoms with Crippen LogP contribution >= 0.6 is 11.5 Å². The summed E-state index contributed by atoms with van der Waals surface area (Å²) in [5, 5.41) is 1.85. The quantitative estimate of drug-likeness (QED) is 0.728. The molecule has 0 aliphatic rings. The molecule has 0 amide bonds. The second kappa shape index (κ2) is 3.40. The Bertz CT molecular complexity index is 280. The van der Waals surface area contributed by atoms with Crippen molar-refractivity contribution in [3.8, 4) is 5.75 Å². The normalized spacial score (nSPS) is 10.0. The Morgan fingerprint density at radius 3 is 3.25 bits per heavy atom. The highest BCUT2D eigenvalue weighted by Crippen LogP contribution is 2.13. The van der Waals surface area contributed by atoms with Crippen LogP contribution in [0.25, 0.3) is 0 Å². The molecule has 0 saturated heterocycles. The molecule has 0 aliphatic heterocycles. The highest BCUT2D eigenvalue weighted by molar-refractivity contribution is 7.03. The summed E-state index contributed by atoms with van der Waals surface area (Å²) < 4.78 is 14.3. The van der Waals surface area contributed by atoms with Gasteiger partial charge in [0.15, 0.2) is 5.75 Å². The number of aromatic nitrogens is 1. The first-order valence-corrected chi connectivity index (χ1v) is 4.33. The van der Waals surface area contributed by atoms with Crippen molar-refractivity contribution in [2.24, 2.45) is 0 Å². The van der Waals surface area contributed by atoms with Gasteiger partial charge in [-0.3, -0.25) is 0 Å². The van der Waals surface area contributed by atoms with E-state index < -0.39 is 0 Å². The van der Waals surface area contributed by atoms with E-state index in [1.807, 2.05) is 17.5 Å². The average Bonchev–Trinajstić information content (AvgIpc) is 2.74. The number of rotatable bonds is 3. The van der Waals surface area contributed by atoms with Crippen LogP contribution in [0.15, 0.2) is 34.4 Å². The van der Waals surface area contributed by atoms with Gasteiger partial charge in [0.1, 0.15) is 12.4 Å². The van der Waals surface area contributed by atoms with Gasteiger partial charge in [0, 0.05) is 0 Å². The lowest BCUT2D eigenvalue weighted by Crippen LogP contribution is -1.91. The number of hydrogen-bond acceptors (Lipinski definition) is 4. The Hall–Kier alpha value is -1.29. The molecule has 2 rings (SSSR count). The first-order valence-electron chi connectivity index (χ1n) is 3.50. The van der Waals surface area contributed by atoms with Crippen LogP contribution in [0.4, 0.5) is 0 Å². The monoisotopic (exact) mass is 181 g/mol. The van der Waals surface area contributed by atoms with Crippen LogP contribution < -0.4 is 4.74 Å². The number of nitrogens with zero attached hydrogens (tertiary/aromatic N) is 1. The smallest absolute Gasteiger partial charge is 0.150 e. The van der Waals surface area contributed by atoms with Crippen LogP contribution in [0, 0.1) is 0 Å². The molecule has 0 saturated carbocycles. The van der Waals surface area contributed by atoms with E-state index in [1.54, 1.807) is 12.5 Å². The molecule has 0 aromatic carbocycles. The van der Waals surface area contributed by atoms with Crippen LogP contribution in [0.1, 0.15) is 5.76 Å². The number of ether oxygens (including phenoxy) is 1. The van der Waals surface area contributed by atoms with Crippen molar-refractivity contribution in [3.05, 3.63) is 35.7 Å². The van der Waals surface area contributed by atoms with Gasteiger partial charge >= 0.3 is 0 Å². The Morgan fingerprint density at radius 2 is 2.58 bits per heavy atom. The van der Waals surface area contributed by atoms with Crippen molar-refractivity contribution < 1.29 is 9.15 Å². The topological polar surface area (TPSA) is 35.3 Å². The van der Waals surface area contributed by atoms with Crippen LogP contribution in [-0.2, 0) is 6.61 Å².